The molecule has 0 unspecified atom stereocenters. The molecule has 6 nitrogen and oxygen atoms in total. The molecule has 0 bridgehead atoms. The van der Waals surface area contributed by atoms with E-state index in [1.54, 1.807) is 18.2 Å². The lowest BCUT2D eigenvalue weighted by Gasteiger charge is -2.18. The predicted octanol–water partition coefficient (Wildman–Crippen LogP) is 1.98. The van der Waals surface area contributed by atoms with Crippen LogP contribution >= 0.6 is 0 Å². The van der Waals surface area contributed by atoms with Crippen LogP contribution in [0.3, 0.4) is 0 Å². The molecule has 0 saturated carbocycles. The Balaban J connectivity index is 1.91. The van der Waals surface area contributed by atoms with E-state index >= 15 is 0 Å². The lowest BCUT2D eigenvalue weighted by molar-refractivity contribution is 0.0660. The van der Waals surface area contributed by atoms with Gasteiger partial charge in [-0.15, -0.1) is 0 Å². The molecule has 102 valence electrons. The van der Waals surface area contributed by atoms with Crippen LogP contribution in [0.1, 0.15) is 26.7 Å². The van der Waals surface area contributed by atoms with E-state index in [1.807, 2.05) is 0 Å². The first-order valence-electron chi connectivity index (χ1n) is 5.92. The molecule has 1 aromatic carbocycles. The first kappa shape index (κ1) is 12.3. The molecule has 0 atom stereocenters. The Kier molecular flexibility index (Phi) is 2.90. The molecule has 3 rings (SSSR count). The summed E-state index contributed by atoms with van der Waals surface area (Å²) in [5, 5.41) is 8.77. The second-order valence-electron chi connectivity index (χ2n) is 4.16. The van der Waals surface area contributed by atoms with E-state index in [9.17, 15) is 9.59 Å². The molecule has 2 aromatic rings. The van der Waals surface area contributed by atoms with Crippen LogP contribution in [0.2, 0.25) is 0 Å². The van der Waals surface area contributed by atoms with Gasteiger partial charge in [-0.25, -0.2) is 4.79 Å². The number of carboxylic acids is 1. The Morgan fingerprint density at radius 1 is 0.950 bits per heavy atom. The SMILES string of the molecule is O=C(O)c1ccc(C(=O)c2ccc3c(c2)OCCO3)o1. The maximum absolute atomic E-state index is 12.2. The fourth-order valence-electron chi connectivity index (χ4n) is 1.90. The number of aromatic carboxylic acids is 1. The Morgan fingerprint density at radius 2 is 1.65 bits per heavy atom. The molecule has 0 fully saturated rings. The molecule has 0 spiro atoms. The van der Waals surface area contributed by atoms with Gasteiger partial charge in [0.1, 0.15) is 13.2 Å². The van der Waals surface area contributed by atoms with Crippen molar-refractivity contribution in [2.45, 2.75) is 0 Å². The van der Waals surface area contributed by atoms with E-state index in [0.29, 0.717) is 30.3 Å². The zero-order valence-corrected chi connectivity index (χ0v) is 10.3. The number of furan rings is 1. The molecular formula is C14H10O6. The number of benzene rings is 1. The fourth-order valence-corrected chi connectivity index (χ4v) is 1.90. The number of rotatable bonds is 3. The van der Waals surface area contributed by atoms with Crippen molar-refractivity contribution in [1.29, 1.82) is 0 Å². The monoisotopic (exact) mass is 274 g/mol. The number of carbonyl (C=O) groups excluding carboxylic acids is 1. The van der Waals surface area contributed by atoms with Crippen molar-refractivity contribution in [2.75, 3.05) is 13.2 Å². The van der Waals surface area contributed by atoms with Crippen LogP contribution in [0, 0.1) is 0 Å². The highest BCUT2D eigenvalue weighted by atomic mass is 16.6. The standard InChI is InChI=1S/C14H10O6/c15-13(10-3-4-11(20-10)14(16)17)8-1-2-9-12(7-8)19-6-5-18-9/h1-4,7H,5-6H2,(H,16,17). The summed E-state index contributed by atoms with van der Waals surface area (Å²) in [5.74, 6) is -0.851. The summed E-state index contributed by atoms with van der Waals surface area (Å²) >= 11 is 0. The minimum Gasteiger partial charge on any atom is -0.486 e. The number of hydrogen-bond acceptors (Lipinski definition) is 5. The summed E-state index contributed by atoms with van der Waals surface area (Å²) in [6, 6.07) is 7.36. The van der Waals surface area contributed by atoms with Crippen LogP contribution < -0.4 is 9.47 Å². The third-order valence-electron chi connectivity index (χ3n) is 2.84. The summed E-state index contributed by atoms with van der Waals surface area (Å²) in [4.78, 5) is 22.9. The van der Waals surface area contributed by atoms with Gasteiger partial charge in [0.15, 0.2) is 17.3 Å². The van der Waals surface area contributed by atoms with Gasteiger partial charge in [-0.1, -0.05) is 0 Å². The third kappa shape index (κ3) is 2.11. The Labute approximate surface area is 113 Å². The van der Waals surface area contributed by atoms with Crippen LogP contribution in [0.25, 0.3) is 0 Å². The smallest absolute Gasteiger partial charge is 0.371 e. The first-order valence-corrected chi connectivity index (χ1v) is 5.92. The highest BCUT2D eigenvalue weighted by Crippen LogP contribution is 2.31. The van der Waals surface area contributed by atoms with Crippen LogP contribution in [0.15, 0.2) is 34.7 Å². The fraction of sp³-hybridized carbons (Fsp3) is 0.143. The van der Waals surface area contributed by atoms with Crippen molar-refractivity contribution in [1.82, 2.24) is 0 Å². The maximum Gasteiger partial charge on any atom is 0.371 e. The average Bonchev–Trinajstić information content (AvgIpc) is 2.96. The molecule has 0 aliphatic carbocycles. The molecule has 1 aromatic heterocycles. The van der Waals surface area contributed by atoms with Crippen molar-refractivity contribution >= 4 is 11.8 Å². The normalized spacial score (nSPS) is 13.0. The van der Waals surface area contributed by atoms with Crippen LogP contribution in [0.4, 0.5) is 0 Å². The van der Waals surface area contributed by atoms with Gasteiger partial charge in [-0.05, 0) is 30.3 Å². The number of ether oxygens (including phenoxy) is 2. The molecular weight excluding hydrogens is 264 g/mol. The number of ketones is 1. The largest absolute Gasteiger partial charge is 0.486 e. The summed E-state index contributed by atoms with van der Waals surface area (Å²) in [6.45, 7) is 0.898. The molecule has 6 heteroatoms. The summed E-state index contributed by atoms with van der Waals surface area (Å²) < 4.78 is 15.7. The van der Waals surface area contributed by atoms with E-state index in [0.717, 1.165) is 0 Å². The molecule has 1 N–H and O–H groups in total. The molecule has 1 aliphatic rings. The molecule has 20 heavy (non-hydrogen) atoms. The minimum absolute atomic E-state index is 0.0286. The second-order valence-corrected chi connectivity index (χ2v) is 4.16. The van der Waals surface area contributed by atoms with Gasteiger partial charge < -0.3 is 19.0 Å². The molecule has 0 saturated heterocycles. The van der Waals surface area contributed by atoms with E-state index in [2.05, 4.69) is 0 Å². The molecule has 1 aliphatic heterocycles. The van der Waals surface area contributed by atoms with Gasteiger partial charge in [-0.3, -0.25) is 4.79 Å². The van der Waals surface area contributed by atoms with E-state index < -0.39 is 11.8 Å². The Morgan fingerprint density at radius 3 is 2.35 bits per heavy atom. The third-order valence-corrected chi connectivity index (χ3v) is 2.84. The van der Waals surface area contributed by atoms with Crippen molar-refractivity contribution in [2.24, 2.45) is 0 Å². The van der Waals surface area contributed by atoms with Gasteiger partial charge in [0.2, 0.25) is 11.5 Å². The number of carbonyl (C=O) groups is 2. The van der Waals surface area contributed by atoms with Crippen molar-refractivity contribution in [3.05, 3.63) is 47.4 Å². The minimum atomic E-state index is -1.22. The van der Waals surface area contributed by atoms with E-state index in [-0.39, 0.29) is 11.5 Å². The van der Waals surface area contributed by atoms with Gasteiger partial charge in [0, 0.05) is 5.56 Å². The maximum atomic E-state index is 12.2. The van der Waals surface area contributed by atoms with Gasteiger partial charge in [0.05, 0.1) is 0 Å². The van der Waals surface area contributed by atoms with Gasteiger partial charge >= 0.3 is 5.97 Å². The summed E-state index contributed by atoms with van der Waals surface area (Å²) in [7, 11) is 0. The topological polar surface area (TPSA) is 86.0 Å². The lowest BCUT2D eigenvalue weighted by Crippen LogP contribution is -2.15. The van der Waals surface area contributed by atoms with Crippen molar-refractivity contribution < 1.29 is 28.6 Å². The summed E-state index contributed by atoms with van der Waals surface area (Å²) in [6.07, 6.45) is 0. The Bertz CT molecular complexity index is 685. The van der Waals surface area contributed by atoms with Gasteiger partial charge in [-0.2, -0.15) is 0 Å². The number of carboxylic acid groups (broad SMARTS) is 1. The zero-order chi connectivity index (χ0) is 14.1. The molecule has 2 heterocycles. The lowest BCUT2D eigenvalue weighted by atomic mass is 10.1. The van der Waals surface area contributed by atoms with E-state index in [1.165, 1.54) is 12.1 Å². The van der Waals surface area contributed by atoms with E-state index in [4.69, 9.17) is 19.0 Å². The number of hydrogen-bond donors (Lipinski definition) is 1. The molecule has 0 radical (unpaired) electrons. The summed E-state index contributed by atoms with van der Waals surface area (Å²) in [5.41, 5.74) is 0.348. The van der Waals surface area contributed by atoms with Crippen LogP contribution in [-0.2, 0) is 0 Å². The van der Waals surface area contributed by atoms with Crippen LogP contribution in [-0.4, -0.2) is 30.1 Å². The quantitative estimate of drug-likeness (QED) is 0.861. The highest BCUT2D eigenvalue weighted by Gasteiger charge is 2.19. The predicted molar refractivity (Wildman–Crippen MR) is 66.5 cm³/mol. The Hall–Kier alpha value is -2.76. The van der Waals surface area contributed by atoms with Gasteiger partial charge in [0.25, 0.3) is 0 Å². The molecule has 0 amide bonds. The second kappa shape index (κ2) is 4.73. The average molecular weight is 274 g/mol. The zero-order valence-electron chi connectivity index (χ0n) is 10.3. The highest BCUT2D eigenvalue weighted by molar-refractivity contribution is 6.08. The number of fused-ring (bicyclic) bond motifs is 1. The van der Waals surface area contributed by atoms with Crippen LogP contribution in [0.5, 0.6) is 11.5 Å². The first-order chi connectivity index (χ1) is 9.65. The van der Waals surface area contributed by atoms with Crippen molar-refractivity contribution in [3.8, 4) is 11.5 Å². The van der Waals surface area contributed by atoms with Crippen molar-refractivity contribution in [3.63, 3.8) is 0 Å².